The lowest BCUT2D eigenvalue weighted by atomic mass is 10.1. The number of carbonyl (C=O) groups is 3. The molecular weight excluding hydrogens is 573 g/mol. The van der Waals surface area contributed by atoms with Gasteiger partial charge in [-0.1, -0.05) is 0 Å². The Morgan fingerprint density at radius 1 is 1.19 bits per heavy atom. The molecule has 0 aliphatic carbocycles. The highest BCUT2D eigenvalue weighted by Gasteiger charge is 2.37. The predicted octanol–water partition coefficient (Wildman–Crippen LogP) is 1.26. The first-order valence-corrected chi connectivity index (χ1v) is 13.0. The summed E-state index contributed by atoms with van der Waals surface area (Å²) in [5.74, 6) is -2.47. The lowest BCUT2D eigenvalue weighted by Gasteiger charge is -2.40. The van der Waals surface area contributed by atoms with Gasteiger partial charge in [0.05, 0.1) is 30.2 Å². The van der Waals surface area contributed by atoms with Gasteiger partial charge in [0.2, 0.25) is 0 Å². The third kappa shape index (κ3) is 5.98. The normalized spacial score (nSPS) is 15.9. The van der Waals surface area contributed by atoms with Crippen molar-refractivity contribution >= 4 is 34.9 Å². The molecule has 17 heteroatoms. The lowest BCUT2D eigenvalue weighted by molar-refractivity contribution is -0.169. The first kappa shape index (κ1) is 29.5. The zero-order valence-corrected chi connectivity index (χ0v) is 22.8. The average molecular weight is 601 g/mol. The molecule has 14 nitrogen and oxygen atoms in total. The number of nitrogens with zero attached hydrogens (tertiary/aromatic N) is 6. The van der Waals surface area contributed by atoms with Crippen molar-refractivity contribution in [3.05, 3.63) is 59.8 Å². The summed E-state index contributed by atoms with van der Waals surface area (Å²) < 4.78 is 47.0. The Morgan fingerprint density at radius 2 is 1.98 bits per heavy atom. The molecule has 0 saturated carbocycles. The summed E-state index contributed by atoms with van der Waals surface area (Å²) in [6, 6.07) is 4.99. The summed E-state index contributed by atoms with van der Waals surface area (Å²) in [6.45, 7) is 3.13. The minimum Gasteiger partial charge on any atom is -0.437 e. The van der Waals surface area contributed by atoms with Gasteiger partial charge in [-0.3, -0.25) is 24.0 Å². The molecule has 2 amide bonds. The Hall–Kier alpha value is -5.03. The van der Waals surface area contributed by atoms with E-state index in [2.05, 4.69) is 20.4 Å². The molecule has 4 heterocycles. The van der Waals surface area contributed by atoms with Crippen LogP contribution in [0.4, 0.5) is 24.7 Å². The van der Waals surface area contributed by atoms with E-state index in [1.54, 1.807) is 30.0 Å². The number of fused-ring (bicyclic) bond motifs is 1. The number of aromatic nitrogens is 5. The van der Waals surface area contributed by atoms with Gasteiger partial charge in [0.15, 0.2) is 17.7 Å². The molecule has 1 unspecified atom stereocenters. The van der Waals surface area contributed by atoms with E-state index in [1.165, 1.54) is 27.9 Å². The molecule has 1 aliphatic rings. The van der Waals surface area contributed by atoms with Gasteiger partial charge in [-0.2, -0.15) is 18.3 Å². The molecule has 226 valence electrons. The second-order valence-electron chi connectivity index (χ2n) is 9.72. The summed E-state index contributed by atoms with van der Waals surface area (Å²) in [5.41, 5.74) is 11.5. The van der Waals surface area contributed by atoms with Crippen LogP contribution in [-0.4, -0.2) is 91.1 Å². The molecule has 4 aromatic rings. The van der Waals surface area contributed by atoms with Crippen molar-refractivity contribution in [1.82, 2.24) is 34.4 Å². The van der Waals surface area contributed by atoms with Gasteiger partial charge in [0.25, 0.3) is 5.91 Å². The van der Waals surface area contributed by atoms with E-state index in [-0.39, 0.29) is 41.7 Å². The first-order valence-electron chi connectivity index (χ1n) is 13.0. The molecular formula is C26H27F3N10O4. The third-order valence-corrected chi connectivity index (χ3v) is 6.94. The number of alkyl halides is 3. The number of amides is 2. The van der Waals surface area contributed by atoms with E-state index in [1.807, 2.05) is 5.10 Å². The number of nitrogens with one attached hydrogen (secondary N) is 2. The molecule has 0 radical (unpaired) electrons. The Morgan fingerprint density at radius 3 is 2.67 bits per heavy atom. The van der Waals surface area contributed by atoms with E-state index in [9.17, 15) is 27.6 Å². The van der Waals surface area contributed by atoms with Crippen LogP contribution in [0.1, 0.15) is 21.6 Å². The number of H-pyrrole nitrogens is 1. The highest BCUT2D eigenvalue weighted by Crippen LogP contribution is 2.36. The van der Waals surface area contributed by atoms with Gasteiger partial charge in [0, 0.05) is 49.8 Å². The summed E-state index contributed by atoms with van der Waals surface area (Å²) in [7, 11) is 0. The number of esters is 1. The van der Waals surface area contributed by atoms with Gasteiger partial charge in [-0.25, -0.2) is 14.8 Å². The number of benzene rings is 1. The fourth-order valence-electron chi connectivity index (χ4n) is 4.88. The summed E-state index contributed by atoms with van der Waals surface area (Å²) in [6.07, 6.45) is -0.220. The maximum Gasteiger partial charge on any atom is 0.433 e. The Bertz CT molecular complexity index is 1690. The van der Waals surface area contributed by atoms with Crippen molar-refractivity contribution in [3.8, 4) is 11.3 Å². The van der Waals surface area contributed by atoms with E-state index < -0.39 is 30.0 Å². The number of anilines is 2. The number of aryl methyl sites for hydroxylation is 1. The zero-order chi connectivity index (χ0) is 30.9. The topological polar surface area (TPSA) is 190 Å². The Balaban J connectivity index is 1.35. The molecule has 3 aromatic heterocycles. The number of hydrogen-bond acceptors (Lipinski definition) is 10. The highest BCUT2D eigenvalue weighted by atomic mass is 19.4. The highest BCUT2D eigenvalue weighted by molar-refractivity contribution is 6.31. The van der Waals surface area contributed by atoms with Crippen molar-refractivity contribution in [3.63, 3.8) is 0 Å². The summed E-state index contributed by atoms with van der Waals surface area (Å²) in [4.78, 5) is 48.3. The van der Waals surface area contributed by atoms with E-state index in [0.29, 0.717) is 36.4 Å². The zero-order valence-electron chi connectivity index (χ0n) is 22.8. The van der Waals surface area contributed by atoms with Crippen molar-refractivity contribution in [2.24, 2.45) is 11.5 Å². The van der Waals surface area contributed by atoms with Gasteiger partial charge >= 0.3 is 18.1 Å². The molecule has 0 spiro atoms. The smallest absolute Gasteiger partial charge is 0.433 e. The number of ether oxygens (including phenoxy) is 1. The summed E-state index contributed by atoms with van der Waals surface area (Å²) >= 11 is 0. The van der Waals surface area contributed by atoms with Gasteiger partial charge in [-0.05, 0) is 30.7 Å². The van der Waals surface area contributed by atoms with Crippen LogP contribution in [0.2, 0.25) is 0 Å². The standard InChI is InChI=1S/C26H27F3N10O4/c1-14-10-15(2-3-16(14)24(41)38-9-8-37(6-4-30)19(13-38)43-25(42)21(31)40)35-22-23-33-12-18(39(23)7-5-32-22)17-11-34-36-20(17)26(27,28)29/h2-3,5,7,10-12,19H,4,6,8-9,13,30H2,1H3,(H2,31,40)(H,32,35)(H,34,36). The van der Waals surface area contributed by atoms with Gasteiger partial charge in [-0.15, -0.1) is 0 Å². The van der Waals surface area contributed by atoms with Gasteiger partial charge < -0.3 is 26.4 Å². The summed E-state index contributed by atoms with van der Waals surface area (Å²) in [5, 5.41) is 8.65. The van der Waals surface area contributed by atoms with Crippen LogP contribution in [0.15, 0.2) is 43.0 Å². The number of aromatic amines is 1. The number of imidazole rings is 1. The maximum absolute atomic E-state index is 13.4. The predicted molar refractivity (Wildman–Crippen MR) is 146 cm³/mol. The third-order valence-electron chi connectivity index (χ3n) is 6.94. The number of halogens is 3. The molecule has 1 aliphatic heterocycles. The lowest BCUT2D eigenvalue weighted by Crippen LogP contribution is -2.57. The number of rotatable bonds is 7. The Labute approximate surface area is 241 Å². The number of piperazine rings is 1. The first-order chi connectivity index (χ1) is 20.5. The Kier molecular flexibility index (Phi) is 8.01. The fourth-order valence-corrected chi connectivity index (χ4v) is 4.88. The van der Waals surface area contributed by atoms with Crippen LogP contribution in [0, 0.1) is 6.92 Å². The van der Waals surface area contributed by atoms with Crippen molar-refractivity contribution in [2.45, 2.75) is 19.3 Å². The quantitative estimate of drug-likeness (QED) is 0.177. The maximum atomic E-state index is 13.4. The second kappa shape index (κ2) is 11.7. The molecule has 1 atom stereocenters. The van der Waals surface area contributed by atoms with E-state index in [4.69, 9.17) is 16.2 Å². The largest absolute Gasteiger partial charge is 0.437 e. The van der Waals surface area contributed by atoms with Crippen LogP contribution in [0.5, 0.6) is 0 Å². The molecule has 6 N–H and O–H groups in total. The van der Waals surface area contributed by atoms with Crippen molar-refractivity contribution in [1.29, 1.82) is 0 Å². The molecule has 5 rings (SSSR count). The minimum absolute atomic E-state index is 0.0120. The number of hydrogen-bond donors (Lipinski definition) is 4. The van der Waals surface area contributed by atoms with Crippen molar-refractivity contribution in [2.75, 3.05) is 38.0 Å². The monoisotopic (exact) mass is 600 g/mol. The van der Waals surface area contributed by atoms with Crippen LogP contribution in [0.25, 0.3) is 16.9 Å². The molecule has 1 aromatic carbocycles. The fraction of sp³-hybridized carbons (Fsp3) is 0.308. The van der Waals surface area contributed by atoms with E-state index in [0.717, 1.165) is 6.20 Å². The molecule has 0 bridgehead atoms. The van der Waals surface area contributed by atoms with Crippen LogP contribution >= 0.6 is 0 Å². The van der Waals surface area contributed by atoms with Crippen LogP contribution < -0.4 is 16.8 Å². The SMILES string of the molecule is Cc1cc(Nc2nccn3c(-c4cn[nH]c4C(F)(F)F)cnc23)ccc1C(=O)N1CCN(CCN)C(OC(=O)C(N)=O)C1. The van der Waals surface area contributed by atoms with Gasteiger partial charge in [0.1, 0.15) is 5.69 Å². The molecule has 43 heavy (non-hydrogen) atoms. The number of nitrogens with two attached hydrogens (primary N) is 2. The van der Waals surface area contributed by atoms with E-state index >= 15 is 0 Å². The molecule has 1 fully saturated rings. The van der Waals surface area contributed by atoms with Crippen molar-refractivity contribution < 1.29 is 32.3 Å². The minimum atomic E-state index is -4.63. The molecule has 1 saturated heterocycles. The van der Waals surface area contributed by atoms with Crippen LogP contribution in [-0.2, 0) is 20.5 Å². The average Bonchev–Trinajstić information content (AvgIpc) is 3.62. The van der Waals surface area contributed by atoms with Crippen LogP contribution in [0.3, 0.4) is 0 Å². The number of carbonyl (C=O) groups excluding carboxylic acids is 3. The number of primary amides is 1. The second-order valence-corrected chi connectivity index (χ2v) is 9.72.